The molecule has 2 heterocycles. The second-order valence-corrected chi connectivity index (χ2v) is 9.10. The van der Waals surface area contributed by atoms with Gasteiger partial charge in [-0.3, -0.25) is 20.0 Å². The number of nitro groups is 1. The summed E-state index contributed by atoms with van der Waals surface area (Å²) >= 11 is 1.36. The van der Waals surface area contributed by atoms with E-state index >= 15 is 0 Å². The third-order valence-electron chi connectivity index (χ3n) is 6.15. The molecule has 10 heteroatoms. The molecule has 1 saturated heterocycles. The number of H-pyrrole nitrogens is 1. The summed E-state index contributed by atoms with van der Waals surface area (Å²) in [7, 11) is 0. The zero-order valence-electron chi connectivity index (χ0n) is 17.5. The highest BCUT2D eigenvalue weighted by molar-refractivity contribution is 7.99. The molecule has 4 rings (SSSR count). The van der Waals surface area contributed by atoms with Crippen LogP contribution in [0.25, 0.3) is 0 Å². The van der Waals surface area contributed by atoms with Gasteiger partial charge in [-0.05, 0) is 18.4 Å². The van der Waals surface area contributed by atoms with Crippen molar-refractivity contribution < 1.29 is 9.72 Å². The van der Waals surface area contributed by atoms with Crippen LogP contribution in [0.2, 0.25) is 0 Å². The number of benzene rings is 1. The van der Waals surface area contributed by atoms with Crippen LogP contribution in [0, 0.1) is 16.0 Å². The topological polar surface area (TPSA) is 108 Å². The largest absolute Gasteiger partial charge is 0.362 e. The Morgan fingerprint density at radius 3 is 2.68 bits per heavy atom. The molecule has 166 valence electrons. The molecule has 1 saturated carbocycles. The quantitative estimate of drug-likeness (QED) is 0.378. The molecule has 0 radical (unpaired) electrons. The van der Waals surface area contributed by atoms with Crippen LogP contribution in [0.4, 0.5) is 11.4 Å². The monoisotopic (exact) mass is 444 g/mol. The number of nitrogens with one attached hydrogen (secondary N) is 1. The molecule has 9 nitrogen and oxygen atoms in total. The average molecular weight is 445 g/mol. The Hall–Kier alpha value is -2.62. The van der Waals surface area contributed by atoms with Crippen LogP contribution in [-0.2, 0) is 11.2 Å². The number of carbonyl (C=O) groups excluding carboxylic acids is 1. The van der Waals surface area contributed by atoms with Gasteiger partial charge in [-0.15, -0.1) is 5.10 Å². The van der Waals surface area contributed by atoms with Gasteiger partial charge in [0.2, 0.25) is 11.1 Å². The van der Waals surface area contributed by atoms with Crippen molar-refractivity contribution in [2.75, 3.05) is 36.8 Å². The summed E-state index contributed by atoms with van der Waals surface area (Å²) < 4.78 is 0. The molecular formula is C21H28N6O3S. The van der Waals surface area contributed by atoms with Gasteiger partial charge < -0.3 is 9.80 Å². The van der Waals surface area contributed by atoms with Crippen molar-refractivity contribution in [3.63, 3.8) is 0 Å². The molecule has 1 N–H and O–H groups in total. The standard InChI is InChI=1S/C21H28N6O3S/c28-20(15-31-21-22-19(23-24-21)10-9-16-5-1-2-6-16)26-13-11-25(12-14-26)17-7-3-4-8-18(17)27(29)30/h3-4,7-8,16H,1-2,5-6,9-15H2,(H,22,23,24). The number of para-hydroxylation sites is 2. The number of amides is 1. The van der Waals surface area contributed by atoms with Gasteiger partial charge in [0.05, 0.1) is 10.7 Å². The van der Waals surface area contributed by atoms with E-state index in [0.717, 1.165) is 24.6 Å². The summed E-state index contributed by atoms with van der Waals surface area (Å²) in [6, 6.07) is 6.75. The third kappa shape index (κ3) is 5.55. The van der Waals surface area contributed by atoms with Crippen molar-refractivity contribution in [2.45, 2.75) is 43.7 Å². The summed E-state index contributed by atoms with van der Waals surface area (Å²) in [5, 5.41) is 19.1. The fraction of sp³-hybridized carbons (Fsp3) is 0.571. The molecule has 0 atom stereocenters. The molecule has 1 aromatic carbocycles. The minimum atomic E-state index is -0.359. The Morgan fingerprint density at radius 2 is 1.94 bits per heavy atom. The highest BCUT2D eigenvalue weighted by Gasteiger charge is 2.25. The summed E-state index contributed by atoms with van der Waals surface area (Å²) in [6.45, 7) is 2.25. The zero-order chi connectivity index (χ0) is 21.6. The lowest BCUT2D eigenvalue weighted by atomic mass is 10.0. The van der Waals surface area contributed by atoms with Gasteiger partial charge in [0.25, 0.3) is 5.69 Å². The van der Waals surface area contributed by atoms with E-state index in [4.69, 9.17) is 0 Å². The molecule has 2 aromatic rings. The predicted molar refractivity (Wildman–Crippen MR) is 119 cm³/mol. The number of aryl methyl sites for hydroxylation is 1. The number of piperazine rings is 1. The van der Waals surface area contributed by atoms with Gasteiger partial charge in [0.15, 0.2) is 0 Å². The maximum atomic E-state index is 12.6. The fourth-order valence-electron chi connectivity index (χ4n) is 4.39. The normalized spacial score (nSPS) is 17.3. The second kappa shape index (κ2) is 10.1. The van der Waals surface area contributed by atoms with Gasteiger partial charge in [-0.2, -0.15) is 0 Å². The Labute approximate surface area is 185 Å². The maximum absolute atomic E-state index is 12.6. The minimum Gasteiger partial charge on any atom is -0.362 e. The highest BCUT2D eigenvalue weighted by Crippen LogP contribution is 2.29. The van der Waals surface area contributed by atoms with E-state index in [-0.39, 0.29) is 16.5 Å². The molecule has 1 aliphatic carbocycles. The number of nitro benzene ring substituents is 1. The summed E-state index contributed by atoms with van der Waals surface area (Å²) in [6.07, 6.45) is 7.42. The van der Waals surface area contributed by atoms with E-state index in [0.29, 0.717) is 42.8 Å². The number of hydrogen-bond acceptors (Lipinski definition) is 7. The van der Waals surface area contributed by atoms with Crippen LogP contribution >= 0.6 is 11.8 Å². The number of nitrogens with zero attached hydrogens (tertiary/aromatic N) is 5. The van der Waals surface area contributed by atoms with E-state index < -0.39 is 0 Å². The van der Waals surface area contributed by atoms with Crippen molar-refractivity contribution in [3.05, 3.63) is 40.2 Å². The second-order valence-electron chi connectivity index (χ2n) is 8.16. The molecule has 2 fully saturated rings. The number of aromatic amines is 1. The number of hydrogen-bond donors (Lipinski definition) is 1. The Bertz CT molecular complexity index is 906. The van der Waals surface area contributed by atoms with Gasteiger partial charge in [-0.1, -0.05) is 49.6 Å². The van der Waals surface area contributed by atoms with E-state index in [1.54, 1.807) is 18.2 Å². The minimum absolute atomic E-state index is 0.0458. The summed E-state index contributed by atoms with van der Waals surface area (Å²) in [5.41, 5.74) is 0.714. The first-order valence-corrected chi connectivity index (χ1v) is 11.9. The van der Waals surface area contributed by atoms with Crippen molar-refractivity contribution in [1.82, 2.24) is 20.1 Å². The lowest BCUT2D eigenvalue weighted by Crippen LogP contribution is -2.49. The first kappa shape index (κ1) is 21.6. The number of aromatic nitrogens is 3. The molecular weight excluding hydrogens is 416 g/mol. The SMILES string of the molecule is O=C(CSc1n[nH]c(CCC2CCCC2)n1)N1CCN(c2ccccc2[N+](=O)[O-])CC1. The molecule has 1 aliphatic heterocycles. The first-order chi connectivity index (χ1) is 15.1. The molecule has 2 aliphatic rings. The van der Waals surface area contributed by atoms with E-state index in [1.807, 2.05) is 9.80 Å². The third-order valence-corrected chi connectivity index (χ3v) is 6.98. The lowest BCUT2D eigenvalue weighted by molar-refractivity contribution is -0.384. The van der Waals surface area contributed by atoms with Crippen LogP contribution in [-0.4, -0.2) is 62.8 Å². The average Bonchev–Trinajstić information content (AvgIpc) is 3.48. The summed E-state index contributed by atoms with van der Waals surface area (Å²) in [4.78, 5) is 31.8. The van der Waals surface area contributed by atoms with Crippen molar-refractivity contribution >= 4 is 29.0 Å². The van der Waals surface area contributed by atoms with E-state index in [9.17, 15) is 14.9 Å². The predicted octanol–water partition coefficient (Wildman–Crippen LogP) is 3.28. The number of thioether (sulfide) groups is 1. The smallest absolute Gasteiger partial charge is 0.292 e. The Kier molecular flexibility index (Phi) is 7.06. The molecule has 1 amide bonds. The Morgan fingerprint density at radius 1 is 1.19 bits per heavy atom. The van der Waals surface area contributed by atoms with Crippen LogP contribution in [0.3, 0.4) is 0 Å². The van der Waals surface area contributed by atoms with Crippen LogP contribution in [0.15, 0.2) is 29.4 Å². The first-order valence-electron chi connectivity index (χ1n) is 10.9. The molecule has 1 aromatic heterocycles. The van der Waals surface area contributed by atoms with Crippen molar-refractivity contribution in [2.24, 2.45) is 5.92 Å². The fourth-order valence-corrected chi connectivity index (χ4v) is 5.11. The van der Waals surface area contributed by atoms with Gasteiger partial charge >= 0.3 is 0 Å². The van der Waals surface area contributed by atoms with E-state index in [1.165, 1.54) is 43.5 Å². The van der Waals surface area contributed by atoms with E-state index in [2.05, 4.69) is 15.2 Å². The Balaban J connectivity index is 1.22. The van der Waals surface area contributed by atoms with Gasteiger partial charge in [0, 0.05) is 38.7 Å². The lowest BCUT2D eigenvalue weighted by Gasteiger charge is -2.35. The molecule has 31 heavy (non-hydrogen) atoms. The van der Waals surface area contributed by atoms with Crippen LogP contribution in [0.1, 0.15) is 37.9 Å². The number of anilines is 1. The van der Waals surface area contributed by atoms with Crippen LogP contribution < -0.4 is 4.90 Å². The zero-order valence-corrected chi connectivity index (χ0v) is 18.4. The molecule has 0 unspecified atom stereocenters. The van der Waals surface area contributed by atoms with Crippen molar-refractivity contribution in [3.8, 4) is 0 Å². The molecule has 0 bridgehead atoms. The highest BCUT2D eigenvalue weighted by atomic mass is 32.2. The number of carbonyl (C=O) groups is 1. The van der Waals surface area contributed by atoms with Crippen molar-refractivity contribution in [1.29, 1.82) is 0 Å². The van der Waals surface area contributed by atoms with Gasteiger partial charge in [0.1, 0.15) is 11.5 Å². The van der Waals surface area contributed by atoms with Gasteiger partial charge in [-0.25, -0.2) is 4.98 Å². The summed E-state index contributed by atoms with van der Waals surface area (Å²) in [5.74, 6) is 2.06. The molecule has 0 spiro atoms. The van der Waals surface area contributed by atoms with Crippen LogP contribution in [0.5, 0.6) is 0 Å². The maximum Gasteiger partial charge on any atom is 0.292 e. The number of rotatable bonds is 8.